The van der Waals surface area contributed by atoms with Gasteiger partial charge in [0, 0.05) is 0 Å². The number of rotatable bonds is 1. The second-order valence-corrected chi connectivity index (χ2v) is 8.94. The number of hydrogen-bond acceptors (Lipinski definition) is 2. The van der Waals surface area contributed by atoms with Crippen molar-refractivity contribution in [3.8, 4) is 0 Å². The molecule has 0 nitrogen and oxygen atoms in total. The lowest BCUT2D eigenvalue weighted by molar-refractivity contribution is 1.13. The second kappa shape index (κ2) is 4.09. The zero-order valence-corrected chi connectivity index (χ0v) is 8.50. The van der Waals surface area contributed by atoms with Crippen molar-refractivity contribution in [2.45, 2.75) is 6.42 Å². The summed E-state index contributed by atoms with van der Waals surface area (Å²) in [5.74, 6) is 2.86. The van der Waals surface area contributed by atoms with E-state index in [0.717, 1.165) is 0 Å². The highest BCUT2D eigenvalue weighted by Crippen LogP contribution is 2.29. The van der Waals surface area contributed by atoms with Crippen LogP contribution < -0.4 is 0 Å². The number of hydrogen-bond donors (Lipinski definition) is 0. The Balaban J connectivity index is 2.23. The minimum Gasteiger partial charge on any atom is -0.306 e. The van der Waals surface area contributed by atoms with Gasteiger partial charge in [-0.1, -0.05) is 0 Å². The zero-order chi connectivity index (χ0) is 6.69. The van der Waals surface area contributed by atoms with Gasteiger partial charge in [-0.2, -0.15) is 0 Å². The normalized spacial score (nSPS) is 23.0. The van der Waals surface area contributed by atoms with Crippen molar-refractivity contribution in [3.63, 3.8) is 0 Å². The fourth-order valence-corrected chi connectivity index (χ4v) is 6.79. The van der Waals surface area contributed by atoms with Gasteiger partial charge in [-0.25, -0.2) is 10.7 Å². The third-order valence-corrected chi connectivity index (χ3v) is 8.97. The van der Waals surface area contributed by atoms with Gasteiger partial charge < -0.3 is 23.2 Å². The van der Waals surface area contributed by atoms with Crippen LogP contribution in [0.1, 0.15) is 6.42 Å². The van der Waals surface area contributed by atoms with Crippen molar-refractivity contribution in [2.24, 2.45) is 0 Å². The summed E-state index contributed by atoms with van der Waals surface area (Å²) in [6, 6.07) is 0. The Kier molecular flexibility index (Phi) is 3.73. The predicted molar refractivity (Wildman–Crippen MR) is 55.9 cm³/mol. The summed E-state index contributed by atoms with van der Waals surface area (Å²) in [6.45, 7) is 0. The molecule has 9 heavy (non-hydrogen) atoms. The van der Waals surface area contributed by atoms with Crippen LogP contribution in [0, 0.1) is 0 Å². The summed E-state index contributed by atoms with van der Waals surface area (Å²) in [6.07, 6.45) is 6.20. The molecule has 4 heteroatoms. The van der Waals surface area contributed by atoms with Gasteiger partial charge in [-0.05, 0) is 17.9 Å². The van der Waals surface area contributed by atoms with Crippen LogP contribution >= 0.6 is 23.2 Å². The van der Waals surface area contributed by atoms with Gasteiger partial charge in [0.05, 0.1) is 12.5 Å². The molecule has 0 saturated carbocycles. The molecule has 0 N–H and O–H groups in total. The minimum atomic E-state index is 0.163. The summed E-state index contributed by atoms with van der Waals surface area (Å²) < 4.78 is 0.163. The van der Waals surface area contributed by atoms with Crippen molar-refractivity contribution in [2.75, 3.05) is 24.0 Å². The summed E-state index contributed by atoms with van der Waals surface area (Å²) in [5.41, 5.74) is 0. The van der Waals surface area contributed by atoms with Crippen LogP contribution in [0.5, 0.6) is 0 Å². The Labute approximate surface area is 69.0 Å². The van der Waals surface area contributed by atoms with Crippen LogP contribution in [0.25, 0.3) is 0 Å². The van der Waals surface area contributed by atoms with E-state index in [-0.39, 0.29) is 4.55 Å². The van der Waals surface area contributed by atoms with E-state index < -0.39 is 0 Å². The first-order chi connectivity index (χ1) is 4.30. The van der Waals surface area contributed by atoms with Gasteiger partial charge in [0.2, 0.25) is 0 Å². The monoisotopic (exact) mass is 180 g/mol. The highest BCUT2D eigenvalue weighted by atomic mass is 32.3. The first-order valence-electron chi connectivity index (χ1n) is 3.26. The molecule has 0 unspecified atom stereocenters. The molecular weight excluding hydrogens is 167 g/mol. The van der Waals surface area contributed by atoms with E-state index in [1.54, 1.807) is 0 Å². The van der Waals surface area contributed by atoms with Gasteiger partial charge in [-0.15, -0.1) is 0 Å². The van der Waals surface area contributed by atoms with Crippen molar-refractivity contribution in [1.82, 2.24) is 0 Å². The van der Waals surface area contributed by atoms with Crippen LogP contribution in [-0.2, 0) is 10.7 Å². The molecule has 0 aromatic heterocycles. The van der Waals surface area contributed by atoms with Crippen molar-refractivity contribution in [3.05, 3.63) is 0 Å². The second-order valence-electron chi connectivity index (χ2n) is 2.51. The third kappa shape index (κ3) is 2.68. The molecule has 1 fully saturated rings. The highest BCUT2D eigenvalue weighted by molar-refractivity contribution is 8.75. The summed E-state index contributed by atoms with van der Waals surface area (Å²) in [7, 11) is 0.707. The molecule has 0 bridgehead atoms. The molecule has 0 aromatic rings. The third-order valence-electron chi connectivity index (χ3n) is 1.38. The Morgan fingerprint density at radius 3 is 2.11 bits per heavy atom. The molecule has 0 aliphatic carbocycles. The van der Waals surface area contributed by atoms with Crippen LogP contribution in [0.3, 0.4) is 0 Å². The van der Waals surface area contributed by atoms with Crippen LogP contribution in [0.15, 0.2) is 0 Å². The lowest BCUT2D eigenvalue weighted by atomic mass is 10.6. The predicted octanol–water partition coefficient (Wildman–Crippen LogP) is 1.45. The van der Waals surface area contributed by atoms with E-state index in [2.05, 4.69) is 35.7 Å². The van der Waals surface area contributed by atoms with Crippen molar-refractivity contribution >= 4 is 38.5 Å². The van der Waals surface area contributed by atoms with Crippen LogP contribution in [0.2, 0.25) is 0 Å². The average molecular weight is 180 g/mol. The maximum atomic E-state index is 2.38. The van der Waals surface area contributed by atoms with E-state index in [1.165, 1.54) is 17.9 Å². The van der Waals surface area contributed by atoms with E-state index >= 15 is 0 Å². The van der Waals surface area contributed by atoms with Gasteiger partial charge in [-0.3, -0.25) is 0 Å². The molecule has 0 radical (unpaired) electrons. The standard InChI is InChI=1S/C5H13BS3/c1-9(2)6-7-4-3-5-8-6/h6H,3-5H2,1-2H3. The fraction of sp³-hybridized carbons (Fsp3) is 1.00. The summed E-state index contributed by atoms with van der Waals surface area (Å²) in [5, 5.41) is 0. The van der Waals surface area contributed by atoms with Gasteiger partial charge in [0.25, 0.3) is 0 Å². The molecule has 0 spiro atoms. The quantitative estimate of drug-likeness (QED) is 0.442. The van der Waals surface area contributed by atoms with E-state index in [1.807, 2.05) is 0 Å². The van der Waals surface area contributed by atoms with Gasteiger partial charge in [0.1, 0.15) is 0 Å². The Bertz CT molecular complexity index is 80.3. The Morgan fingerprint density at radius 1 is 1.22 bits per heavy atom. The molecule has 0 aromatic carbocycles. The minimum absolute atomic E-state index is 0.163. The van der Waals surface area contributed by atoms with Crippen molar-refractivity contribution < 1.29 is 0 Å². The molecule has 1 aliphatic rings. The van der Waals surface area contributed by atoms with E-state index in [0.29, 0.717) is 10.7 Å². The first-order valence-corrected chi connectivity index (χ1v) is 7.78. The van der Waals surface area contributed by atoms with Crippen LogP contribution in [-0.4, -0.2) is 28.6 Å². The highest BCUT2D eigenvalue weighted by Gasteiger charge is 2.18. The first kappa shape index (κ1) is 8.21. The van der Waals surface area contributed by atoms with Gasteiger partial charge in [0.15, 0.2) is 0 Å². The lowest BCUT2D eigenvalue weighted by Crippen LogP contribution is -2.21. The zero-order valence-electron chi connectivity index (χ0n) is 6.05. The molecule has 1 saturated heterocycles. The average Bonchev–Trinajstić information content (AvgIpc) is 1.90. The van der Waals surface area contributed by atoms with E-state index in [9.17, 15) is 0 Å². The SMILES string of the molecule is C[S+](C)[BH-]1SCCCS1. The van der Waals surface area contributed by atoms with Crippen molar-refractivity contribution in [1.29, 1.82) is 0 Å². The molecule has 0 atom stereocenters. The molecule has 0 amide bonds. The summed E-state index contributed by atoms with van der Waals surface area (Å²) in [4.78, 5) is 0. The maximum absolute atomic E-state index is 2.38. The largest absolute Gasteiger partial charge is 0.316 e. The molecule has 1 rings (SSSR count). The lowest BCUT2D eigenvalue weighted by Gasteiger charge is -2.25. The van der Waals surface area contributed by atoms with Crippen LogP contribution in [0.4, 0.5) is 0 Å². The van der Waals surface area contributed by atoms with Gasteiger partial charge >= 0.3 is 4.55 Å². The van der Waals surface area contributed by atoms with E-state index in [4.69, 9.17) is 0 Å². The molecule has 54 valence electrons. The smallest absolute Gasteiger partial charge is 0.306 e. The fourth-order valence-electron chi connectivity index (χ4n) is 0.891. The molecular formula is C5H13BS3. The topological polar surface area (TPSA) is 0 Å². The Hall–Kier alpha value is 1.11. The maximum Gasteiger partial charge on any atom is 0.316 e. The molecule has 1 heterocycles. The Morgan fingerprint density at radius 2 is 1.78 bits per heavy atom. The summed E-state index contributed by atoms with van der Waals surface area (Å²) >= 11 is 4.46. The molecule has 1 aliphatic heterocycles.